The summed E-state index contributed by atoms with van der Waals surface area (Å²) in [7, 11) is 0. The molecule has 2 aromatic heterocycles. The topological polar surface area (TPSA) is 29.1 Å². The Hall–Kier alpha value is -1.36. The monoisotopic (exact) mass is 293 g/mol. The van der Waals surface area contributed by atoms with E-state index in [1.165, 1.54) is 11.3 Å². The van der Waals surface area contributed by atoms with E-state index in [0.29, 0.717) is 5.02 Å². The third-order valence-electron chi connectivity index (χ3n) is 2.47. The second-order valence-electron chi connectivity index (χ2n) is 3.72. The number of carbonyl (C=O) groups is 1. The zero-order valence-corrected chi connectivity index (χ0v) is 11.5. The maximum atomic E-state index is 12.0. The lowest BCUT2D eigenvalue weighted by molar-refractivity contribution is 0.103. The quantitative estimate of drug-likeness (QED) is 0.717. The summed E-state index contributed by atoms with van der Waals surface area (Å²) >= 11 is 8.95. The summed E-state index contributed by atoms with van der Waals surface area (Å²) in [5.41, 5.74) is 0.751. The minimum Gasteiger partial charge on any atom is -0.321 e. The second-order valence-corrected chi connectivity index (χ2v) is 6.19. The van der Waals surface area contributed by atoms with Gasteiger partial charge in [0.05, 0.1) is 4.88 Å². The molecule has 2 heterocycles. The van der Waals surface area contributed by atoms with Crippen molar-refractivity contribution in [2.45, 2.75) is 0 Å². The van der Waals surface area contributed by atoms with Gasteiger partial charge in [0.2, 0.25) is 0 Å². The van der Waals surface area contributed by atoms with Gasteiger partial charge >= 0.3 is 0 Å². The van der Waals surface area contributed by atoms with Gasteiger partial charge in [-0.15, -0.1) is 22.7 Å². The molecule has 0 saturated heterocycles. The summed E-state index contributed by atoms with van der Waals surface area (Å²) < 4.78 is 2.31. The first-order valence-electron chi connectivity index (χ1n) is 5.26. The van der Waals surface area contributed by atoms with Gasteiger partial charge in [-0.2, -0.15) is 0 Å². The van der Waals surface area contributed by atoms with Gasteiger partial charge in [-0.05, 0) is 41.8 Å². The summed E-state index contributed by atoms with van der Waals surface area (Å²) in [6.07, 6.45) is 0. The molecule has 2 nitrogen and oxygen atoms in total. The van der Waals surface area contributed by atoms with E-state index in [2.05, 4.69) is 5.32 Å². The number of benzene rings is 1. The van der Waals surface area contributed by atoms with Crippen LogP contribution < -0.4 is 5.32 Å². The average Bonchev–Trinajstić information content (AvgIpc) is 2.92. The van der Waals surface area contributed by atoms with Crippen molar-refractivity contribution >= 4 is 55.3 Å². The highest BCUT2D eigenvalue weighted by atomic mass is 35.5. The molecule has 90 valence electrons. The van der Waals surface area contributed by atoms with Crippen molar-refractivity contribution < 1.29 is 4.79 Å². The Morgan fingerprint density at radius 1 is 1.11 bits per heavy atom. The molecule has 0 radical (unpaired) electrons. The maximum absolute atomic E-state index is 12.0. The van der Waals surface area contributed by atoms with Crippen LogP contribution in [0.3, 0.4) is 0 Å². The predicted octanol–water partition coefficient (Wildman–Crippen LogP) is 4.87. The Morgan fingerprint density at radius 3 is 2.61 bits per heavy atom. The molecule has 1 N–H and O–H groups in total. The number of hydrogen-bond donors (Lipinski definition) is 1. The lowest BCUT2D eigenvalue weighted by atomic mass is 10.3. The highest BCUT2D eigenvalue weighted by molar-refractivity contribution is 7.27. The summed E-state index contributed by atoms with van der Waals surface area (Å²) in [6.45, 7) is 0. The first-order chi connectivity index (χ1) is 8.72. The van der Waals surface area contributed by atoms with Crippen molar-refractivity contribution in [3.05, 3.63) is 51.7 Å². The van der Waals surface area contributed by atoms with E-state index in [1.54, 1.807) is 35.6 Å². The van der Waals surface area contributed by atoms with Crippen molar-refractivity contribution in [2.75, 3.05) is 5.32 Å². The normalized spacial score (nSPS) is 10.7. The van der Waals surface area contributed by atoms with Crippen LogP contribution in [0.4, 0.5) is 5.69 Å². The number of amides is 1. The lowest BCUT2D eigenvalue weighted by Gasteiger charge is -2.02. The lowest BCUT2D eigenvalue weighted by Crippen LogP contribution is -2.09. The molecule has 0 unspecified atom stereocenters. The Bertz CT molecular complexity index is 671. The van der Waals surface area contributed by atoms with Gasteiger partial charge in [0.15, 0.2) is 0 Å². The van der Waals surface area contributed by atoms with Crippen LogP contribution in [0.1, 0.15) is 9.67 Å². The molecule has 0 saturated carbocycles. The van der Waals surface area contributed by atoms with Crippen LogP contribution in [-0.4, -0.2) is 5.91 Å². The molecular weight excluding hydrogens is 286 g/mol. The fourth-order valence-corrected chi connectivity index (χ4v) is 3.73. The van der Waals surface area contributed by atoms with E-state index >= 15 is 0 Å². The number of fused-ring (bicyclic) bond motifs is 1. The summed E-state index contributed by atoms with van der Waals surface area (Å²) in [5.74, 6) is -0.0780. The van der Waals surface area contributed by atoms with E-state index in [9.17, 15) is 4.79 Å². The SMILES string of the molecule is O=C(Nc1ccc(Cl)cc1)c1cc2sccc2s1. The van der Waals surface area contributed by atoms with Crippen molar-refractivity contribution in [2.24, 2.45) is 0 Å². The number of hydrogen-bond acceptors (Lipinski definition) is 3. The molecule has 3 rings (SSSR count). The van der Waals surface area contributed by atoms with Crippen LogP contribution in [0.2, 0.25) is 5.02 Å². The van der Waals surface area contributed by atoms with Crippen molar-refractivity contribution in [1.82, 2.24) is 0 Å². The molecule has 0 bridgehead atoms. The number of nitrogens with one attached hydrogen (secondary N) is 1. The number of carbonyl (C=O) groups excluding carboxylic acids is 1. The molecule has 18 heavy (non-hydrogen) atoms. The van der Waals surface area contributed by atoms with Crippen LogP contribution in [0, 0.1) is 0 Å². The van der Waals surface area contributed by atoms with Crippen LogP contribution >= 0.6 is 34.3 Å². The van der Waals surface area contributed by atoms with Gasteiger partial charge in [-0.25, -0.2) is 0 Å². The zero-order valence-electron chi connectivity index (χ0n) is 9.14. The van der Waals surface area contributed by atoms with Gasteiger partial charge < -0.3 is 5.32 Å². The highest BCUT2D eigenvalue weighted by Crippen LogP contribution is 2.30. The Balaban J connectivity index is 1.82. The second kappa shape index (κ2) is 4.72. The Labute approximate surface area is 117 Å². The van der Waals surface area contributed by atoms with Gasteiger partial charge in [0.1, 0.15) is 0 Å². The smallest absolute Gasteiger partial charge is 0.265 e. The van der Waals surface area contributed by atoms with Crippen molar-refractivity contribution in [3.8, 4) is 0 Å². The number of thiophene rings is 2. The fraction of sp³-hybridized carbons (Fsp3) is 0. The third-order valence-corrected chi connectivity index (χ3v) is 4.81. The summed E-state index contributed by atoms with van der Waals surface area (Å²) in [6, 6.07) is 11.0. The van der Waals surface area contributed by atoms with E-state index in [4.69, 9.17) is 11.6 Å². The number of halogens is 1. The van der Waals surface area contributed by atoms with E-state index in [1.807, 2.05) is 17.5 Å². The Kier molecular flexibility index (Phi) is 3.07. The van der Waals surface area contributed by atoms with Crippen LogP contribution in [0.5, 0.6) is 0 Å². The highest BCUT2D eigenvalue weighted by Gasteiger charge is 2.11. The van der Waals surface area contributed by atoms with Crippen molar-refractivity contribution in [1.29, 1.82) is 0 Å². The first-order valence-corrected chi connectivity index (χ1v) is 7.34. The minimum absolute atomic E-state index is 0.0780. The average molecular weight is 294 g/mol. The molecule has 1 aromatic carbocycles. The molecule has 0 aliphatic carbocycles. The van der Waals surface area contributed by atoms with Crippen molar-refractivity contribution in [3.63, 3.8) is 0 Å². The van der Waals surface area contributed by atoms with E-state index in [-0.39, 0.29) is 5.91 Å². The standard InChI is InChI=1S/C13H8ClNOS2/c14-8-1-3-9(4-2-8)15-13(16)12-7-11-10(18-12)5-6-17-11/h1-7H,(H,15,16). The van der Waals surface area contributed by atoms with Gasteiger partial charge in [-0.1, -0.05) is 11.6 Å². The van der Waals surface area contributed by atoms with Gasteiger partial charge in [0, 0.05) is 20.1 Å². The molecule has 0 atom stereocenters. The summed E-state index contributed by atoms with van der Waals surface area (Å²) in [5, 5.41) is 5.54. The molecule has 1 amide bonds. The first kappa shape index (κ1) is 11.7. The van der Waals surface area contributed by atoms with E-state index in [0.717, 1.165) is 20.0 Å². The van der Waals surface area contributed by atoms with Gasteiger partial charge in [-0.3, -0.25) is 4.79 Å². The van der Waals surface area contributed by atoms with E-state index < -0.39 is 0 Å². The molecule has 0 aliphatic heterocycles. The summed E-state index contributed by atoms with van der Waals surface area (Å²) in [4.78, 5) is 12.8. The molecule has 0 spiro atoms. The third kappa shape index (κ3) is 2.27. The van der Waals surface area contributed by atoms with Gasteiger partial charge in [0.25, 0.3) is 5.91 Å². The molecule has 3 aromatic rings. The number of anilines is 1. The molecule has 0 aliphatic rings. The molecule has 0 fully saturated rings. The zero-order chi connectivity index (χ0) is 12.5. The molecular formula is C13H8ClNOS2. The van der Waals surface area contributed by atoms with Crippen LogP contribution in [0.15, 0.2) is 41.8 Å². The van der Waals surface area contributed by atoms with Crippen LogP contribution in [0.25, 0.3) is 9.40 Å². The van der Waals surface area contributed by atoms with Crippen LogP contribution in [-0.2, 0) is 0 Å². The Morgan fingerprint density at radius 2 is 1.89 bits per heavy atom. The largest absolute Gasteiger partial charge is 0.321 e. The predicted molar refractivity (Wildman–Crippen MR) is 79.1 cm³/mol. The minimum atomic E-state index is -0.0780. The molecule has 5 heteroatoms. The number of rotatable bonds is 2. The fourth-order valence-electron chi connectivity index (χ4n) is 1.60. The maximum Gasteiger partial charge on any atom is 0.265 e.